The smallest absolute Gasteiger partial charge is 0.340 e. The molecule has 7 heteroatoms. The van der Waals surface area contributed by atoms with Crippen molar-refractivity contribution in [1.29, 1.82) is 0 Å². The van der Waals surface area contributed by atoms with E-state index >= 15 is 0 Å². The number of carbonyl (C=O) groups is 2. The summed E-state index contributed by atoms with van der Waals surface area (Å²) in [6.45, 7) is 5.41. The van der Waals surface area contributed by atoms with Crippen LogP contribution < -0.4 is 20.8 Å². The Morgan fingerprint density at radius 1 is 1.31 bits per heavy atom. The first-order valence-electron chi connectivity index (χ1n) is 8.33. The van der Waals surface area contributed by atoms with Gasteiger partial charge in [0.2, 0.25) is 5.91 Å². The predicted octanol–water partition coefficient (Wildman–Crippen LogP) is 0.933. The molecule has 1 heterocycles. The standard InChI is InChI=1S/C19H23NO6/c1-10(2)7-15(18(22)23)20-17(21)9-14-11(3)13-6-5-12(25-4)8-16(13)26-19(14)24/h5-6,8,10,15H,7,9H2,1-4H3,(H,20,21)(H,22,23)/p-1/t15-/m0/s1. The Morgan fingerprint density at radius 3 is 2.58 bits per heavy atom. The highest BCUT2D eigenvalue weighted by atomic mass is 16.5. The zero-order valence-electron chi connectivity index (χ0n) is 15.3. The van der Waals surface area contributed by atoms with Crippen molar-refractivity contribution < 1.29 is 23.8 Å². The number of amides is 1. The SMILES string of the molecule is COc1ccc2c(C)c(CC(=O)N[C@@H](CC(C)C)C(=O)[O-])c(=O)oc2c1. The second-order valence-electron chi connectivity index (χ2n) is 6.60. The Balaban J connectivity index is 2.28. The number of nitrogens with one attached hydrogen (secondary N) is 1. The fraction of sp³-hybridized carbons (Fsp3) is 0.421. The molecule has 2 aromatic rings. The topological polar surface area (TPSA) is 109 Å². The Bertz CT molecular complexity index is 883. The largest absolute Gasteiger partial charge is 0.548 e. The number of benzene rings is 1. The summed E-state index contributed by atoms with van der Waals surface area (Å²) in [5.74, 6) is -1.29. The lowest BCUT2D eigenvalue weighted by atomic mass is 10.0. The van der Waals surface area contributed by atoms with Crippen LogP contribution in [0.15, 0.2) is 27.4 Å². The molecule has 0 saturated heterocycles. The maximum absolute atomic E-state index is 12.3. The summed E-state index contributed by atoms with van der Waals surface area (Å²) in [5.41, 5.74) is 0.542. The van der Waals surface area contributed by atoms with E-state index in [2.05, 4.69) is 5.32 Å². The Labute approximate surface area is 151 Å². The molecule has 0 radical (unpaired) electrons. The third-order valence-corrected chi connectivity index (χ3v) is 4.16. The molecule has 1 atom stereocenters. The average molecular weight is 360 g/mol. The van der Waals surface area contributed by atoms with E-state index in [1.807, 2.05) is 13.8 Å². The minimum atomic E-state index is -1.35. The van der Waals surface area contributed by atoms with E-state index in [1.165, 1.54) is 7.11 Å². The monoisotopic (exact) mass is 360 g/mol. The van der Waals surface area contributed by atoms with E-state index in [0.29, 0.717) is 22.3 Å². The summed E-state index contributed by atoms with van der Waals surface area (Å²) < 4.78 is 10.4. The van der Waals surface area contributed by atoms with Crippen molar-refractivity contribution in [2.24, 2.45) is 5.92 Å². The number of fused-ring (bicyclic) bond motifs is 1. The summed E-state index contributed by atoms with van der Waals surface area (Å²) in [6.07, 6.45) is -0.0167. The fourth-order valence-corrected chi connectivity index (χ4v) is 2.80. The number of aliphatic carboxylic acids is 1. The highest BCUT2D eigenvalue weighted by Crippen LogP contribution is 2.24. The molecular weight excluding hydrogens is 338 g/mol. The van der Waals surface area contributed by atoms with E-state index in [1.54, 1.807) is 25.1 Å². The van der Waals surface area contributed by atoms with Crippen LogP contribution in [0.5, 0.6) is 5.75 Å². The fourth-order valence-electron chi connectivity index (χ4n) is 2.80. The molecular formula is C19H22NO6-. The predicted molar refractivity (Wildman–Crippen MR) is 93.9 cm³/mol. The Hall–Kier alpha value is -2.83. The second kappa shape index (κ2) is 8.03. The van der Waals surface area contributed by atoms with Crippen LogP contribution in [0.25, 0.3) is 11.0 Å². The highest BCUT2D eigenvalue weighted by Gasteiger charge is 2.19. The number of ether oxygens (including phenoxy) is 1. The first kappa shape index (κ1) is 19.5. The van der Waals surface area contributed by atoms with Crippen LogP contribution in [0.4, 0.5) is 0 Å². The molecule has 7 nitrogen and oxygen atoms in total. The van der Waals surface area contributed by atoms with Crippen LogP contribution in [-0.2, 0) is 16.0 Å². The van der Waals surface area contributed by atoms with Crippen LogP contribution in [0, 0.1) is 12.8 Å². The summed E-state index contributed by atoms with van der Waals surface area (Å²) >= 11 is 0. The number of hydrogen-bond donors (Lipinski definition) is 1. The van der Waals surface area contributed by atoms with Gasteiger partial charge in [0.15, 0.2) is 0 Å². The molecule has 0 bridgehead atoms. The van der Waals surface area contributed by atoms with Gasteiger partial charge < -0.3 is 24.4 Å². The minimum Gasteiger partial charge on any atom is -0.548 e. The number of aryl methyl sites for hydroxylation is 1. The van der Waals surface area contributed by atoms with Gasteiger partial charge in [-0.25, -0.2) is 4.79 Å². The molecule has 0 saturated carbocycles. The van der Waals surface area contributed by atoms with Crippen LogP contribution in [0.2, 0.25) is 0 Å². The maximum Gasteiger partial charge on any atom is 0.340 e. The van der Waals surface area contributed by atoms with E-state index < -0.39 is 23.5 Å². The van der Waals surface area contributed by atoms with Crippen molar-refractivity contribution in [2.75, 3.05) is 7.11 Å². The lowest BCUT2D eigenvalue weighted by Gasteiger charge is -2.21. The average Bonchev–Trinajstić information content (AvgIpc) is 2.57. The molecule has 0 spiro atoms. The molecule has 1 aromatic carbocycles. The molecule has 0 aliphatic carbocycles. The maximum atomic E-state index is 12.3. The third-order valence-electron chi connectivity index (χ3n) is 4.16. The van der Waals surface area contributed by atoms with Gasteiger partial charge in [0.05, 0.1) is 31.1 Å². The first-order valence-corrected chi connectivity index (χ1v) is 8.33. The van der Waals surface area contributed by atoms with Crippen molar-refractivity contribution in [2.45, 2.75) is 39.7 Å². The molecule has 0 fully saturated rings. The number of rotatable bonds is 7. The van der Waals surface area contributed by atoms with Gasteiger partial charge >= 0.3 is 5.63 Å². The van der Waals surface area contributed by atoms with Crippen molar-refractivity contribution in [3.05, 3.63) is 39.7 Å². The third kappa shape index (κ3) is 4.41. The zero-order chi connectivity index (χ0) is 19.4. The van der Waals surface area contributed by atoms with Gasteiger partial charge in [0.1, 0.15) is 11.3 Å². The number of hydrogen-bond acceptors (Lipinski definition) is 6. The number of carboxylic acids is 1. The molecule has 1 amide bonds. The Kier molecular flexibility index (Phi) is 6.02. The summed E-state index contributed by atoms with van der Waals surface area (Å²) in [7, 11) is 1.51. The van der Waals surface area contributed by atoms with Gasteiger partial charge in [0.25, 0.3) is 0 Å². The lowest BCUT2D eigenvalue weighted by molar-refractivity contribution is -0.308. The molecule has 1 aromatic heterocycles. The van der Waals surface area contributed by atoms with Crippen molar-refractivity contribution in [3.8, 4) is 5.75 Å². The highest BCUT2D eigenvalue weighted by molar-refractivity contribution is 5.87. The lowest BCUT2D eigenvalue weighted by Crippen LogP contribution is -2.49. The van der Waals surface area contributed by atoms with Crippen molar-refractivity contribution >= 4 is 22.8 Å². The van der Waals surface area contributed by atoms with Gasteiger partial charge in [-0.05, 0) is 37.0 Å². The van der Waals surface area contributed by atoms with E-state index in [0.717, 1.165) is 0 Å². The van der Waals surface area contributed by atoms with E-state index in [-0.39, 0.29) is 24.3 Å². The summed E-state index contributed by atoms with van der Waals surface area (Å²) in [4.78, 5) is 35.7. The molecule has 140 valence electrons. The van der Waals surface area contributed by atoms with Crippen molar-refractivity contribution in [1.82, 2.24) is 5.32 Å². The van der Waals surface area contributed by atoms with Gasteiger partial charge in [-0.3, -0.25) is 4.79 Å². The quantitative estimate of drug-likeness (QED) is 0.736. The van der Waals surface area contributed by atoms with Crippen LogP contribution >= 0.6 is 0 Å². The van der Waals surface area contributed by atoms with Gasteiger partial charge in [-0.1, -0.05) is 13.8 Å². The van der Waals surface area contributed by atoms with Crippen LogP contribution in [0.1, 0.15) is 31.4 Å². The molecule has 2 rings (SSSR count). The molecule has 1 N–H and O–H groups in total. The van der Waals surface area contributed by atoms with Crippen LogP contribution in [-0.4, -0.2) is 25.0 Å². The van der Waals surface area contributed by atoms with Crippen molar-refractivity contribution in [3.63, 3.8) is 0 Å². The Morgan fingerprint density at radius 2 is 2.00 bits per heavy atom. The molecule has 0 aliphatic rings. The van der Waals surface area contributed by atoms with Gasteiger partial charge in [-0.2, -0.15) is 0 Å². The first-order chi connectivity index (χ1) is 12.2. The zero-order valence-corrected chi connectivity index (χ0v) is 15.3. The van der Waals surface area contributed by atoms with E-state index in [4.69, 9.17) is 9.15 Å². The minimum absolute atomic E-state index is 0.0701. The molecule has 0 unspecified atom stereocenters. The van der Waals surface area contributed by atoms with Gasteiger partial charge in [-0.15, -0.1) is 0 Å². The van der Waals surface area contributed by atoms with Crippen LogP contribution in [0.3, 0.4) is 0 Å². The number of carboxylic acid groups (broad SMARTS) is 1. The number of carbonyl (C=O) groups excluding carboxylic acids is 2. The molecule has 0 aliphatic heterocycles. The summed E-state index contributed by atoms with van der Waals surface area (Å²) in [5, 5.41) is 14.3. The van der Waals surface area contributed by atoms with E-state index in [9.17, 15) is 19.5 Å². The number of methoxy groups -OCH3 is 1. The second-order valence-corrected chi connectivity index (χ2v) is 6.60. The summed E-state index contributed by atoms with van der Waals surface area (Å²) in [6, 6.07) is 3.98. The normalized spacial score (nSPS) is 12.2. The van der Waals surface area contributed by atoms with Gasteiger partial charge in [0, 0.05) is 11.5 Å². The molecule has 26 heavy (non-hydrogen) atoms.